The molecule has 0 aromatic carbocycles. The molecule has 1 atom stereocenters. The molecule has 0 saturated heterocycles. The van der Waals surface area contributed by atoms with Crippen molar-refractivity contribution in [2.75, 3.05) is 13.6 Å². The highest BCUT2D eigenvalue weighted by molar-refractivity contribution is 4.77. The van der Waals surface area contributed by atoms with E-state index >= 15 is 0 Å². The number of hydrogen-bond donors (Lipinski definition) is 1. The van der Waals surface area contributed by atoms with Crippen molar-refractivity contribution >= 4 is 0 Å². The Bertz CT molecular complexity index is 131. The summed E-state index contributed by atoms with van der Waals surface area (Å²) in [4.78, 5) is 0. The Hall–Kier alpha value is -0.0400. The van der Waals surface area contributed by atoms with Crippen molar-refractivity contribution in [2.45, 2.75) is 53.9 Å². The Morgan fingerprint density at radius 3 is 1.86 bits per heavy atom. The van der Waals surface area contributed by atoms with Crippen LogP contribution in [0.2, 0.25) is 0 Å². The molecule has 0 rings (SSSR count). The zero-order chi connectivity index (χ0) is 11.2. The van der Waals surface area contributed by atoms with Crippen LogP contribution in [0, 0.1) is 17.3 Å². The van der Waals surface area contributed by atoms with Crippen LogP contribution in [0.4, 0.5) is 0 Å². The second-order valence-electron chi connectivity index (χ2n) is 5.54. The molecule has 0 aliphatic heterocycles. The molecule has 0 saturated carbocycles. The summed E-state index contributed by atoms with van der Waals surface area (Å²) in [6, 6.07) is 0. The van der Waals surface area contributed by atoms with Crippen LogP contribution in [0.1, 0.15) is 53.9 Å². The van der Waals surface area contributed by atoms with Crippen molar-refractivity contribution < 1.29 is 0 Å². The van der Waals surface area contributed by atoms with Crippen LogP contribution in [0.25, 0.3) is 0 Å². The summed E-state index contributed by atoms with van der Waals surface area (Å²) in [6.07, 6.45) is 4.02. The Balaban J connectivity index is 4.21. The lowest BCUT2D eigenvalue weighted by atomic mass is 9.75. The third kappa shape index (κ3) is 4.99. The first kappa shape index (κ1) is 14.0. The van der Waals surface area contributed by atoms with Gasteiger partial charge in [-0.25, -0.2) is 0 Å². The van der Waals surface area contributed by atoms with E-state index in [4.69, 9.17) is 0 Å². The highest BCUT2D eigenvalue weighted by Gasteiger charge is 2.25. The van der Waals surface area contributed by atoms with Gasteiger partial charge in [0.25, 0.3) is 0 Å². The van der Waals surface area contributed by atoms with Crippen LogP contribution in [0.5, 0.6) is 0 Å². The predicted molar refractivity (Wildman–Crippen MR) is 65.6 cm³/mol. The number of nitrogens with one attached hydrogen (secondary N) is 1. The molecule has 1 N–H and O–H groups in total. The lowest BCUT2D eigenvalue weighted by molar-refractivity contribution is 0.188. The molecular weight excluding hydrogens is 170 g/mol. The van der Waals surface area contributed by atoms with Crippen LogP contribution in [0.15, 0.2) is 0 Å². The fourth-order valence-corrected chi connectivity index (χ4v) is 2.01. The van der Waals surface area contributed by atoms with E-state index in [1.165, 1.54) is 19.3 Å². The molecular formula is C13H29N. The second kappa shape index (κ2) is 6.44. The van der Waals surface area contributed by atoms with Crippen LogP contribution >= 0.6 is 0 Å². The smallest absolute Gasteiger partial charge is 0.00184 e. The molecule has 0 heterocycles. The van der Waals surface area contributed by atoms with Gasteiger partial charge in [-0.2, -0.15) is 0 Å². The maximum Gasteiger partial charge on any atom is -0.00184 e. The van der Waals surface area contributed by atoms with Crippen molar-refractivity contribution in [3.63, 3.8) is 0 Å². The van der Waals surface area contributed by atoms with Crippen molar-refractivity contribution in [3.8, 4) is 0 Å². The van der Waals surface area contributed by atoms with E-state index in [0.717, 1.165) is 18.4 Å². The van der Waals surface area contributed by atoms with Gasteiger partial charge in [0, 0.05) is 0 Å². The predicted octanol–water partition coefficient (Wildman–Crippen LogP) is 3.69. The maximum absolute atomic E-state index is 3.33. The molecule has 0 bridgehead atoms. The molecule has 0 aromatic heterocycles. The molecule has 14 heavy (non-hydrogen) atoms. The Kier molecular flexibility index (Phi) is 6.43. The molecule has 1 nitrogen and oxygen atoms in total. The average Bonchev–Trinajstić information content (AvgIpc) is 2.10. The van der Waals surface area contributed by atoms with Gasteiger partial charge < -0.3 is 5.32 Å². The van der Waals surface area contributed by atoms with Crippen molar-refractivity contribution in [1.82, 2.24) is 5.32 Å². The third-order valence-corrected chi connectivity index (χ3v) is 3.45. The fourth-order valence-electron chi connectivity index (χ4n) is 2.01. The van der Waals surface area contributed by atoms with Gasteiger partial charge in [-0.15, -0.1) is 0 Å². The summed E-state index contributed by atoms with van der Waals surface area (Å²) >= 11 is 0. The summed E-state index contributed by atoms with van der Waals surface area (Å²) < 4.78 is 0. The molecule has 0 amide bonds. The Morgan fingerprint density at radius 1 is 1.07 bits per heavy atom. The topological polar surface area (TPSA) is 12.0 Å². The third-order valence-electron chi connectivity index (χ3n) is 3.45. The molecule has 1 unspecified atom stereocenters. The molecule has 0 spiro atoms. The minimum absolute atomic E-state index is 0.436. The van der Waals surface area contributed by atoms with Gasteiger partial charge in [-0.1, -0.05) is 47.5 Å². The van der Waals surface area contributed by atoms with Crippen LogP contribution in [0.3, 0.4) is 0 Å². The first-order valence-corrected chi connectivity index (χ1v) is 6.10. The molecule has 1 heteroatoms. The summed E-state index contributed by atoms with van der Waals surface area (Å²) in [7, 11) is 2.06. The maximum atomic E-state index is 3.33. The summed E-state index contributed by atoms with van der Waals surface area (Å²) in [5.74, 6) is 1.71. The monoisotopic (exact) mass is 199 g/mol. The summed E-state index contributed by atoms with van der Waals surface area (Å²) in [5.41, 5.74) is 0.436. The molecule has 0 fully saturated rings. The molecule has 86 valence electrons. The van der Waals surface area contributed by atoms with Crippen LogP contribution in [-0.4, -0.2) is 13.6 Å². The summed E-state index contributed by atoms with van der Waals surface area (Å²) in [5, 5.41) is 3.33. The SMILES string of the molecule is CCC(CC)CC(CNC)C(C)(C)C. The van der Waals surface area contributed by atoms with Crippen molar-refractivity contribution in [2.24, 2.45) is 17.3 Å². The van der Waals surface area contributed by atoms with Crippen molar-refractivity contribution in [3.05, 3.63) is 0 Å². The molecule has 0 aromatic rings. The second-order valence-corrected chi connectivity index (χ2v) is 5.54. The van der Waals surface area contributed by atoms with E-state index < -0.39 is 0 Å². The van der Waals surface area contributed by atoms with Gasteiger partial charge >= 0.3 is 0 Å². The van der Waals surface area contributed by atoms with Crippen molar-refractivity contribution in [1.29, 1.82) is 0 Å². The van der Waals surface area contributed by atoms with E-state index in [1.807, 2.05) is 0 Å². The average molecular weight is 199 g/mol. The van der Waals surface area contributed by atoms with E-state index in [1.54, 1.807) is 0 Å². The first-order chi connectivity index (χ1) is 6.45. The molecule has 0 aliphatic carbocycles. The zero-order valence-electron chi connectivity index (χ0n) is 11.0. The van der Waals surface area contributed by atoms with Crippen LogP contribution in [-0.2, 0) is 0 Å². The van der Waals surface area contributed by atoms with Gasteiger partial charge in [0.15, 0.2) is 0 Å². The van der Waals surface area contributed by atoms with Gasteiger partial charge in [0.1, 0.15) is 0 Å². The van der Waals surface area contributed by atoms with Gasteiger partial charge in [-0.05, 0) is 37.3 Å². The zero-order valence-corrected chi connectivity index (χ0v) is 11.0. The van der Waals surface area contributed by atoms with E-state index in [0.29, 0.717) is 5.41 Å². The lowest BCUT2D eigenvalue weighted by Gasteiger charge is -2.33. The van der Waals surface area contributed by atoms with E-state index in [9.17, 15) is 0 Å². The lowest BCUT2D eigenvalue weighted by Crippen LogP contribution is -2.31. The number of hydrogen-bond acceptors (Lipinski definition) is 1. The van der Waals surface area contributed by atoms with Gasteiger partial charge in [0.05, 0.1) is 0 Å². The first-order valence-electron chi connectivity index (χ1n) is 6.10. The Morgan fingerprint density at radius 2 is 1.57 bits per heavy atom. The van der Waals surface area contributed by atoms with E-state index in [2.05, 4.69) is 47.0 Å². The fraction of sp³-hybridized carbons (Fsp3) is 1.00. The summed E-state index contributed by atoms with van der Waals surface area (Å²) in [6.45, 7) is 12.9. The normalized spacial score (nSPS) is 14.8. The standard InChI is InChI=1S/C13H29N/c1-7-11(8-2)9-12(10-14-6)13(3,4)5/h11-12,14H,7-10H2,1-6H3. The van der Waals surface area contributed by atoms with Gasteiger partial charge in [0.2, 0.25) is 0 Å². The minimum atomic E-state index is 0.436. The highest BCUT2D eigenvalue weighted by atomic mass is 14.8. The highest BCUT2D eigenvalue weighted by Crippen LogP contribution is 2.32. The largest absolute Gasteiger partial charge is 0.319 e. The van der Waals surface area contributed by atoms with Gasteiger partial charge in [-0.3, -0.25) is 0 Å². The Labute approximate surface area is 90.7 Å². The molecule has 0 radical (unpaired) electrons. The number of rotatable bonds is 6. The quantitative estimate of drug-likeness (QED) is 0.688. The molecule has 0 aliphatic rings. The minimum Gasteiger partial charge on any atom is -0.319 e. The van der Waals surface area contributed by atoms with E-state index in [-0.39, 0.29) is 0 Å². The van der Waals surface area contributed by atoms with Crippen LogP contribution < -0.4 is 5.32 Å².